The predicted molar refractivity (Wildman–Crippen MR) is 67.1 cm³/mol. The lowest BCUT2D eigenvalue weighted by atomic mass is 10.2. The SMILES string of the molecule is O=C(O)c1ccc(NCc2ccc(Br)cc2)o1. The van der Waals surface area contributed by atoms with Crippen LogP contribution in [0.15, 0.2) is 45.3 Å². The van der Waals surface area contributed by atoms with E-state index in [4.69, 9.17) is 9.52 Å². The molecule has 0 amide bonds. The lowest BCUT2D eigenvalue weighted by molar-refractivity contribution is 0.0663. The van der Waals surface area contributed by atoms with Crippen LogP contribution in [0.25, 0.3) is 0 Å². The van der Waals surface area contributed by atoms with E-state index in [9.17, 15) is 4.79 Å². The number of carbonyl (C=O) groups is 1. The second kappa shape index (κ2) is 5.05. The van der Waals surface area contributed by atoms with Crippen LogP contribution in [0.5, 0.6) is 0 Å². The number of rotatable bonds is 4. The van der Waals surface area contributed by atoms with Crippen LogP contribution in [0.3, 0.4) is 0 Å². The van der Waals surface area contributed by atoms with Gasteiger partial charge in [-0.3, -0.25) is 0 Å². The van der Waals surface area contributed by atoms with Crippen LogP contribution >= 0.6 is 15.9 Å². The topological polar surface area (TPSA) is 62.5 Å². The highest BCUT2D eigenvalue weighted by molar-refractivity contribution is 9.10. The van der Waals surface area contributed by atoms with Gasteiger partial charge in [-0.05, 0) is 23.8 Å². The zero-order valence-corrected chi connectivity index (χ0v) is 10.4. The second-order valence-electron chi connectivity index (χ2n) is 3.45. The van der Waals surface area contributed by atoms with Gasteiger partial charge in [-0.15, -0.1) is 0 Å². The van der Waals surface area contributed by atoms with Crippen molar-refractivity contribution in [2.75, 3.05) is 5.32 Å². The van der Waals surface area contributed by atoms with Gasteiger partial charge in [-0.25, -0.2) is 4.79 Å². The van der Waals surface area contributed by atoms with Crippen LogP contribution in [-0.4, -0.2) is 11.1 Å². The largest absolute Gasteiger partial charge is 0.475 e. The fourth-order valence-corrected chi connectivity index (χ4v) is 1.60. The first-order chi connectivity index (χ1) is 8.15. The van der Waals surface area contributed by atoms with Crippen LogP contribution in [-0.2, 0) is 6.54 Å². The van der Waals surface area contributed by atoms with E-state index in [0.29, 0.717) is 12.4 Å². The Hall–Kier alpha value is -1.75. The molecule has 0 spiro atoms. The van der Waals surface area contributed by atoms with Crippen molar-refractivity contribution in [1.29, 1.82) is 0 Å². The summed E-state index contributed by atoms with van der Waals surface area (Å²) in [6, 6.07) is 10.9. The predicted octanol–water partition coefficient (Wildman–Crippen LogP) is 3.35. The number of carboxylic acid groups (broad SMARTS) is 1. The number of nitrogens with one attached hydrogen (secondary N) is 1. The minimum absolute atomic E-state index is 0.0664. The first-order valence-electron chi connectivity index (χ1n) is 4.96. The Labute approximate surface area is 106 Å². The summed E-state index contributed by atoms with van der Waals surface area (Å²) < 4.78 is 6.09. The van der Waals surface area contributed by atoms with Crippen molar-refractivity contribution >= 4 is 27.8 Å². The number of benzene rings is 1. The van der Waals surface area contributed by atoms with E-state index in [2.05, 4.69) is 21.2 Å². The fraction of sp³-hybridized carbons (Fsp3) is 0.0833. The van der Waals surface area contributed by atoms with E-state index in [1.165, 1.54) is 6.07 Å². The van der Waals surface area contributed by atoms with Gasteiger partial charge in [0.05, 0.1) is 0 Å². The molecule has 0 aliphatic carbocycles. The minimum Gasteiger partial charge on any atom is -0.475 e. The third-order valence-corrected chi connectivity index (χ3v) is 2.73. The lowest BCUT2D eigenvalue weighted by Crippen LogP contribution is -1.98. The minimum atomic E-state index is -1.07. The number of aromatic carboxylic acids is 1. The lowest BCUT2D eigenvalue weighted by Gasteiger charge is -2.02. The Balaban J connectivity index is 1.97. The van der Waals surface area contributed by atoms with Crippen molar-refractivity contribution in [2.24, 2.45) is 0 Å². The van der Waals surface area contributed by atoms with Crippen LogP contribution in [0.4, 0.5) is 5.88 Å². The molecule has 1 aromatic carbocycles. The molecule has 0 bridgehead atoms. The highest BCUT2D eigenvalue weighted by atomic mass is 79.9. The summed E-state index contributed by atoms with van der Waals surface area (Å²) in [5.74, 6) is -0.685. The van der Waals surface area contributed by atoms with Gasteiger partial charge in [0, 0.05) is 17.1 Å². The Morgan fingerprint density at radius 1 is 1.24 bits per heavy atom. The molecule has 2 N–H and O–H groups in total. The molecule has 0 fully saturated rings. The maximum atomic E-state index is 10.6. The zero-order valence-electron chi connectivity index (χ0n) is 8.81. The van der Waals surface area contributed by atoms with E-state index in [0.717, 1.165) is 10.0 Å². The molecule has 0 unspecified atom stereocenters. The zero-order chi connectivity index (χ0) is 12.3. The van der Waals surface area contributed by atoms with E-state index in [-0.39, 0.29) is 5.76 Å². The summed E-state index contributed by atoms with van der Waals surface area (Å²) in [5, 5.41) is 11.7. The molecule has 88 valence electrons. The van der Waals surface area contributed by atoms with Gasteiger partial charge in [0.1, 0.15) is 0 Å². The molecule has 1 heterocycles. The Bertz CT molecular complexity index is 519. The summed E-state index contributed by atoms with van der Waals surface area (Å²) in [6.07, 6.45) is 0. The summed E-state index contributed by atoms with van der Waals surface area (Å²) in [7, 11) is 0. The highest BCUT2D eigenvalue weighted by Gasteiger charge is 2.08. The molecule has 2 rings (SSSR count). The monoisotopic (exact) mass is 295 g/mol. The van der Waals surface area contributed by atoms with Crippen molar-refractivity contribution in [3.63, 3.8) is 0 Å². The number of halogens is 1. The molecule has 4 nitrogen and oxygen atoms in total. The fourth-order valence-electron chi connectivity index (χ4n) is 1.34. The molecule has 17 heavy (non-hydrogen) atoms. The van der Waals surface area contributed by atoms with Crippen molar-refractivity contribution in [1.82, 2.24) is 0 Å². The Morgan fingerprint density at radius 3 is 2.53 bits per heavy atom. The van der Waals surface area contributed by atoms with Crippen LogP contribution < -0.4 is 5.32 Å². The number of carboxylic acids is 1. The van der Waals surface area contributed by atoms with Crippen LogP contribution in [0.2, 0.25) is 0 Å². The average molecular weight is 296 g/mol. The Morgan fingerprint density at radius 2 is 1.94 bits per heavy atom. The normalized spacial score (nSPS) is 10.2. The molecule has 0 radical (unpaired) electrons. The van der Waals surface area contributed by atoms with Crippen LogP contribution in [0, 0.1) is 0 Å². The summed E-state index contributed by atoms with van der Waals surface area (Å²) in [4.78, 5) is 10.6. The van der Waals surface area contributed by atoms with E-state index in [1.54, 1.807) is 6.07 Å². The third kappa shape index (κ3) is 3.10. The number of hydrogen-bond acceptors (Lipinski definition) is 3. The van der Waals surface area contributed by atoms with E-state index >= 15 is 0 Å². The molecular formula is C12H10BrNO3. The molecule has 0 atom stereocenters. The van der Waals surface area contributed by atoms with Crippen molar-refractivity contribution in [3.05, 3.63) is 52.2 Å². The van der Waals surface area contributed by atoms with Gasteiger partial charge in [0.15, 0.2) is 5.88 Å². The van der Waals surface area contributed by atoms with Gasteiger partial charge in [-0.2, -0.15) is 0 Å². The molecule has 2 aromatic rings. The first-order valence-corrected chi connectivity index (χ1v) is 5.76. The molecule has 1 aromatic heterocycles. The number of anilines is 1. The summed E-state index contributed by atoms with van der Waals surface area (Å²) >= 11 is 3.36. The molecular weight excluding hydrogens is 286 g/mol. The highest BCUT2D eigenvalue weighted by Crippen LogP contribution is 2.15. The van der Waals surface area contributed by atoms with E-state index < -0.39 is 5.97 Å². The van der Waals surface area contributed by atoms with Crippen molar-refractivity contribution in [2.45, 2.75) is 6.54 Å². The summed E-state index contributed by atoms with van der Waals surface area (Å²) in [5.41, 5.74) is 1.08. The molecule has 0 saturated heterocycles. The Kier molecular flexibility index (Phi) is 3.49. The van der Waals surface area contributed by atoms with E-state index in [1.807, 2.05) is 24.3 Å². The van der Waals surface area contributed by atoms with Gasteiger partial charge in [-0.1, -0.05) is 28.1 Å². The molecule has 5 heteroatoms. The maximum Gasteiger partial charge on any atom is 0.371 e. The third-order valence-electron chi connectivity index (χ3n) is 2.20. The summed E-state index contributed by atoms with van der Waals surface area (Å²) in [6.45, 7) is 0.583. The maximum absolute atomic E-state index is 10.6. The van der Waals surface area contributed by atoms with Gasteiger partial charge in [0.25, 0.3) is 0 Å². The van der Waals surface area contributed by atoms with Crippen LogP contribution in [0.1, 0.15) is 16.1 Å². The average Bonchev–Trinajstić information content (AvgIpc) is 2.77. The second-order valence-corrected chi connectivity index (χ2v) is 4.36. The van der Waals surface area contributed by atoms with Crippen molar-refractivity contribution in [3.8, 4) is 0 Å². The van der Waals surface area contributed by atoms with Gasteiger partial charge >= 0.3 is 5.97 Å². The molecule has 0 aliphatic heterocycles. The smallest absolute Gasteiger partial charge is 0.371 e. The van der Waals surface area contributed by atoms with Gasteiger partial charge < -0.3 is 14.8 Å². The quantitative estimate of drug-likeness (QED) is 0.908. The molecule has 0 aliphatic rings. The van der Waals surface area contributed by atoms with Gasteiger partial charge in [0.2, 0.25) is 5.76 Å². The number of furan rings is 1. The number of hydrogen-bond donors (Lipinski definition) is 2. The first kappa shape index (κ1) is 11.7. The standard InChI is InChI=1S/C12H10BrNO3/c13-9-3-1-8(2-4-9)7-14-11-6-5-10(17-11)12(15)16/h1-6,14H,7H2,(H,15,16). The molecule has 0 saturated carbocycles. The van der Waals surface area contributed by atoms with Crippen molar-refractivity contribution < 1.29 is 14.3 Å².